The molecule has 0 bridgehead atoms. The largest absolute Gasteiger partial charge is 0.420 e. The van der Waals surface area contributed by atoms with Gasteiger partial charge in [-0.1, -0.05) is 35.9 Å². The summed E-state index contributed by atoms with van der Waals surface area (Å²) in [5, 5.41) is 8.41. The van der Waals surface area contributed by atoms with Crippen molar-refractivity contribution in [2.75, 3.05) is 0 Å². The number of hydrogen-bond acceptors (Lipinski definition) is 3. The lowest BCUT2D eigenvalue weighted by atomic mass is 9.90. The van der Waals surface area contributed by atoms with Gasteiger partial charge < -0.3 is 4.42 Å². The first kappa shape index (κ1) is 14.2. The number of rotatable bonds is 3. The van der Waals surface area contributed by atoms with Crippen LogP contribution in [0.3, 0.4) is 0 Å². The van der Waals surface area contributed by atoms with Crippen LogP contribution in [-0.2, 0) is 19.3 Å². The molecule has 0 amide bonds. The lowest BCUT2D eigenvalue weighted by Gasteiger charge is -2.16. The highest BCUT2D eigenvalue weighted by molar-refractivity contribution is 5.53. The van der Waals surface area contributed by atoms with Crippen molar-refractivity contribution in [1.29, 1.82) is 0 Å². The number of fused-ring (bicyclic) bond motifs is 1. The molecule has 1 aliphatic carbocycles. The fraction of sp³-hybridized carbons (Fsp3) is 0.300. The van der Waals surface area contributed by atoms with Crippen LogP contribution >= 0.6 is 0 Å². The fourth-order valence-electron chi connectivity index (χ4n) is 3.29. The third-order valence-electron chi connectivity index (χ3n) is 4.50. The molecule has 0 N–H and O–H groups in total. The molecule has 4 rings (SSSR count). The highest BCUT2D eigenvalue weighted by Gasteiger charge is 2.12. The molecule has 3 heteroatoms. The van der Waals surface area contributed by atoms with Crippen molar-refractivity contribution in [2.45, 2.75) is 39.0 Å². The van der Waals surface area contributed by atoms with E-state index in [4.69, 9.17) is 4.42 Å². The minimum atomic E-state index is 0.599. The topological polar surface area (TPSA) is 38.9 Å². The highest BCUT2D eigenvalue weighted by Crippen LogP contribution is 2.24. The van der Waals surface area contributed by atoms with E-state index in [1.165, 1.54) is 47.9 Å². The Labute approximate surface area is 136 Å². The first-order chi connectivity index (χ1) is 11.3. The molecule has 116 valence electrons. The summed E-state index contributed by atoms with van der Waals surface area (Å²) >= 11 is 0. The molecular weight excluding hydrogens is 284 g/mol. The summed E-state index contributed by atoms with van der Waals surface area (Å²) in [7, 11) is 0. The van der Waals surface area contributed by atoms with Gasteiger partial charge in [-0.05, 0) is 61.4 Å². The molecule has 0 saturated heterocycles. The molecule has 3 nitrogen and oxygen atoms in total. The maximum absolute atomic E-state index is 5.85. The van der Waals surface area contributed by atoms with Crippen LogP contribution < -0.4 is 0 Å². The zero-order chi connectivity index (χ0) is 15.6. The second-order valence-electron chi connectivity index (χ2n) is 6.36. The molecule has 0 atom stereocenters. The molecular formula is C20H20N2O. The Morgan fingerprint density at radius 3 is 2.70 bits per heavy atom. The lowest BCUT2D eigenvalue weighted by molar-refractivity contribution is 0.518. The minimum Gasteiger partial charge on any atom is -0.420 e. The van der Waals surface area contributed by atoms with Crippen molar-refractivity contribution < 1.29 is 4.42 Å². The van der Waals surface area contributed by atoms with E-state index in [1.54, 1.807) is 0 Å². The fourth-order valence-corrected chi connectivity index (χ4v) is 3.29. The standard InChI is InChI=1S/C20H20N2O/c1-14-5-4-8-18(11-14)20-22-21-19(23-20)13-15-9-10-16-6-2-3-7-17(16)12-15/h4-5,8-12H,2-3,6-7,13H2,1H3. The van der Waals surface area contributed by atoms with Crippen molar-refractivity contribution in [2.24, 2.45) is 0 Å². The molecule has 0 spiro atoms. The van der Waals surface area contributed by atoms with Crippen molar-refractivity contribution in [3.63, 3.8) is 0 Å². The average molecular weight is 304 g/mol. The zero-order valence-corrected chi connectivity index (χ0v) is 13.4. The highest BCUT2D eigenvalue weighted by atomic mass is 16.4. The Morgan fingerprint density at radius 1 is 0.957 bits per heavy atom. The minimum absolute atomic E-state index is 0.599. The molecule has 1 aliphatic rings. The van der Waals surface area contributed by atoms with E-state index in [0.717, 1.165) is 5.56 Å². The van der Waals surface area contributed by atoms with Crippen molar-refractivity contribution in [3.8, 4) is 11.5 Å². The van der Waals surface area contributed by atoms with Gasteiger partial charge in [0.05, 0.1) is 6.42 Å². The van der Waals surface area contributed by atoms with Crippen LogP contribution in [0.15, 0.2) is 46.9 Å². The number of aromatic nitrogens is 2. The Balaban J connectivity index is 1.56. The van der Waals surface area contributed by atoms with Crippen LogP contribution in [0.2, 0.25) is 0 Å². The third-order valence-corrected chi connectivity index (χ3v) is 4.50. The van der Waals surface area contributed by atoms with Gasteiger partial charge in [-0.25, -0.2) is 0 Å². The molecule has 0 unspecified atom stereocenters. The first-order valence-corrected chi connectivity index (χ1v) is 8.28. The predicted molar refractivity (Wildman–Crippen MR) is 90.4 cm³/mol. The summed E-state index contributed by atoms with van der Waals surface area (Å²) in [4.78, 5) is 0. The predicted octanol–water partition coefficient (Wildman–Crippen LogP) is 4.51. The summed E-state index contributed by atoms with van der Waals surface area (Å²) < 4.78 is 5.85. The van der Waals surface area contributed by atoms with Crippen LogP contribution in [-0.4, -0.2) is 10.2 Å². The Bertz CT molecular complexity index is 835. The Kier molecular flexibility index (Phi) is 3.70. The molecule has 0 fully saturated rings. The van der Waals surface area contributed by atoms with Crippen LogP contribution in [0.25, 0.3) is 11.5 Å². The van der Waals surface area contributed by atoms with Gasteiger partial charge in [0.25, 0.3) is 0 Å². The van der Waals surface area contributed by atoms with Crippen LogP contribution in [0, 0.1) is 6.92 Å². The molecule has 1 heterocycles. The first-order valence-electron chi connectivity index (χ1n) is 8.28. The monoisotopic (exact) mass is 304 g/mol. The molecule has 3 aromatic rings. The molecule has 0 saturated carbocycles. The van der Waals surface area contributed by atoms with E-state index >= 15 is 0 Å². The van der Waals surface area contributed by atoms with Crippen molar-refractivity contribution >= 4 is 0 Å². The van der Waals surface area contributed by atoms with Gasteiger partial charge in [0, 0.05) is 5.56 Å². The SMILES string of the molecule is Cc1cccc(-c2nnc(Cc3ccc4c(c3)CCCC4)o2)c1. The molecule has 0 radical (unpaired) electrons. The summed E-state index contributed by atoms with van der Waals surface area (Å²) in [6, 6.07) is 14.9. The molecule has 0 aliphatic heterocycles. The van der Waals surface area contributed by atoms with Crippen molar-refractivity contribution in [1.82, 2.24) is 10.2 Å². The molecule has 2 aromatic carbocycles. The Morgan fingerprint density at radius 2 is 1.83 bits per heavy atom. The van der Waals surface area contributed by atoms with Gasteiger partial charge in [-0.15, -0.1) is 10.2 Å². The van der Waals surface area contributed by atoms with E-state index in [2.05, 4.69) is 47.5 Å². The zero-order valence-electron chi connectivity index (χ0n) is 13.4. The van der Waals surface area contributed by atoms with Crippen LogP contribution in [0.4, 0.5) is 0 Å². The van der Waals surface area contributed by atoms with E-state index in [1.807, 2.05) is 12.1 Å². The van der Waals surface area contributed by atoms with Gasteiger partial charge in [0.2, 0.25) is 11.8 Å². The third kappa shape index (κ3) is 3.04. The van der Waals surface area contributed by atoms with E-state index in [0.29, 0.717) is 18.2 Å². The van der Waals surface area contributed by atoms with E-state index in [-0.39, 0.29) is 0 Å². The van der Waals surface area contributed by atoms with E-state index < -0.39 is 0 Å². The quantitative estimate of drug-likeness (QED) is 0.714. The van der Waals surface area contributed by atoms with Gasteiger partial charge in [-0.2, -0.15) is 0 Å². The van der Waals surface area contributed by atoms with E-state index in [9.17, 15) is 0 Å². The van der Waals surface area contributed by atoms with Gasteiger partial charge in [0.1, 0.15) is 0 Å². The van der Waals surface area contributed by atoms with Crippen LogP contribution in [0.1, 0.15) is 41.0 Å². The summed E-state index contributed by atoms with van der Waals surface area (Å²) in [5.41, 5.74) is 6.43. The summed E-state index contributed by atoms with van der Waals surface area (Å²) in [6.07, 6.45) is 5.73. The molecule has 23 heavy (non-hydrogen) atoms. The second kappa shape index (κ2) is 5.99. The summed E-state index contributed by atoms with van der Waals surface area (Å²) in [6.45, 7) is 2.06. The number of hydrogen-bond donors (Lipinski definition) is 0. The number of nitrogens with zero attached hydrogens (tertiary/aromatic N) is 2. The smallest absolute Gasteiger partial charge is 0.247 e. The average Bonchev–Trinajstić information content (AvgIpc) is 3.03. The summed E-state index contributed by atoms with van der Waals surface area (Å²) in [5.74, 6) is 1.28. The lowest BCUT2D eigenvalue weighted by Crippen LogP contribution is -2.03. The van der Waals surface area contributed by atoms with Gasteiger partial charge in [-0.3, -0.25) is 0 Å². The molecule has 1 aromatic heterocycles. The second-order valence-corrected chi connectivity index (χ2v) is 6.36. The number of aryl methyl sites for hydroxylation is 3. The van der Waals surface area contributed by atoms with Gasteiger partial charge in [0.15, 0.2) is 0 Å². The maximum Gasteiger partial charge on any atom is 0.247 e. The maximum atomic E-state index is 5.85. The normalized spacial score (nSPS) is 13.8. The van der Waals surface area contributed by atoms with Crippen LogP contribution in [0.5, 0.6) is 0 Å². The van der Waals surface area contributed by atoms with Crippen molar-refractivity contribution in [3.05, 3.63) is 70.6 Å². The Hall–Kier alpha value is -2.42. The number of benzene rings is 2. The van der Waals surface area contributed by atoms with Gasteiger partial charge >= 0.3 is 0 Å².